The van der Waals surface area contributed by atoms with Crippen molar-refractivity contribution in [1.29, 1.82) is 0 Å². The maximum atomic E-state index is 14.6. The van der Waals surface area contributed by atoms with Crippen LogP contribution in [0.3, 0.4) is 0 Å². The summed E-state index contributed by atoms with van der Waals surface area (Å²) in [7, 11) is 0. The summed E-state index contributed by atoms with van der Waals surface area (Å²) >= 11 is 0. The highest BCUT2D eigenvalue weighted by Gasteiger charge is 2.34. The first-order chi connectivity index (χ1) is 18.0. The molecule has 0 fully saturated rings. The van der Waals surface area contributed by atoms with E-state index < -0.39 is 6.17 Å². The van der Waals surface area contributed by atoms with Gasteiger partial charge in [0.05, 0.1) is 0 Å². The minimum atomic E-state index is -0.880. The van der Waals surface area contributed by atoms with E-state index in [0.29, 0.717) is 0 Å². The number of rotatable bonds is 10. The number of hydrogen-bond donors (Lipinski definition) is 0. The van der Waals surface area contributed by atoms with Crippen molar-refractivity contribution in [1.82, 2.24) is 0 Å². The number of allylic oxidation sites excluding steroid dienone is 8. The lowest BCUT2D eigenvalue weighted by Gasteiger charge is -2.34. The van der Waals surface area contributed by atoms with E-state index in [9.17, 15) is 4.39 Å². The molecule has 1 unspecified atom stereocenters. The molecule has 0 aromatic heterocycles. The highest BCUT2D eigenvalue weighted by Crippen LogP contribution is 2.39. The average Bonchev–Trinajstić information content (AvgIpc) is 2.83. The fraction of sp³-hybridized carbons (Fsp3) is 0.474. The average molecular weight is 537 g/mol. The molecule has 0 aliphatic carbocycles. The third-order valence-electron chi connectivity index (χ3n) is 6.64. The summed E-state index contributed by atoms with van der Waals surface area (Å²) in [4.78, 5) is 0. The smallest absolute Gasteiger partial charge is 0.130 e. The van der Waals surface area contributed by atoms with Gasteiger partial charge in [0.25, 0.3) is 0 Å². The van der Waals surface area contributed by atoms with Gasteiger partial charge in [-0.3, -0.25) is 0 Å². The normalized spacial score (nSPS) is 11.5. The Morgan fingerprint density at radius 2 is 1.31 bits per heavy atom. The first kappa shape index (κ1) is 40.8. The van der Waals surface area contributed by atoms with Crippen molar-refractivity contribution >= 4 is 5.57 Å². The molecule has 0 spiro atoms. The van der Waals surface area contributed by atoms with Crippen molar-refractivity contribution in [2.45, 2.75) is 115 Å². The maximum Gasteiger partial charge on any atom is 0.130 e. The molecule has 0 N–H and O–H groups in total. The van der Waals surface area contributed by atoms with Gasteiger partial charge in [-0.05, 0) is 109 Å². The lowest BCUT2D eigenvalue weighted by Crippen LogP contribution is -2.30. The summed E-state index contributed by atoms with van der Waals surface area (Å²) in [5.74, 6) is 0. The zero-order chi connectivity index (χ0) is 31.5. The first-order valence-electron chi connectivity index (χ1n) is 14.2. The lowest BCUT2D eigenvalue weighted by atomic mass is 9.74. The zero-order valence-corrected chi connectivity index (χ0v) is 27.8. The number of halogens is 1. The molecule has 39 heavy (non-hydrogen) atoms. The van der Waals surface area contributed by atoms with Gasteiger partial charge >= 0.3 is 0 Å². The Morgan fingerprint density at radius 3 is 1.62 bits per heavy atom. The summed E-state index contributed by atoms with van der Waals surface area (Å²) < 4.78 is 14.6. The standard InChI is InChI=1S/C17H22.C15H27F.C4H8.C2H4/c1-11(2)14(6)17(12(3)4)16-10-8-9-13(5)15(16)7;1-7-10-15(6,11-8-2)14(16)13(9-3)12(4)5;1-4(2)3;1-2/h8-10H,1,3H2,2,4-7H3;9,14H,3,7-8,10-11H2,1-2,4-6H3;1H2,2-3H3;1-2H2/b17-14-;;;. The number of benzene rings is 1. The Morgan fingerprint density at radius 1 is 0.872 bits per heavy atom. The molecule has 0 saturated carbocycles. The molecule has 1 rings (SSSR count). The molecule has 1 aromatic carbocycles. The minimum absolute atomic E-state index is 0.232. The predicted octanol–water partition coefficient (Wildman–Crippen LogP) is 13.1. The highest BCUT2D eigenvalue weighted by molar-refractivity contribution is 5.84. The van der Waals surface area contributed by atoms with Crippen LogP contribution in [0.25, 0.3) is 5.57 Å². The molecule has 0 radical (unpaired) electrons. The summed E-state index contributed by atoms with van der Waals surface area (Å²) in [5, 5.41) is 0. The van der Waals surface area contributed by atoms with Crippen molar-refractivity contribution in [2.75, 3.05) is 0 Å². The van der Waals surface area contributed by atoms with E-state index in [1.165, 1.54) is 33.4 Å². The lowest BCUT2D eigenvalue weighted by molar-refractivity contribution is 0.129. The van der Waals surface area contributed by atoms with Crippen molar-refractivity contribution in [3.8, 4) is 0 Å². The number of alkyl halides is 1. The predicted molar refractivity (Wildman–Crippen MR) is 181 cm³/mol. The first-order valence-corrected chi connectivity index (χ1v) is 14.2. The zero-order valence-electron chi connectivity index (χ0n) is 27.8. The largest absolute Gasteiger partial charge is 0.242 e. The van der Waals surface area contributed by atoms with Crippen molar-refractivity contribution < 1.29 is 4.39 Å². The fourth-order valence-electron chi connectivity index (χ4n) is 4.44. The van der Waals surface area contributed by atoms with Crippen LogP contribution in [-0.4, -0.2) is 6.17 Å². The van der Waals surface area contributed by atoms with Crippen LogP contribution in [0.2, 0.25) is 0 Å². The van der Waals surface area contributed by atoms with E-state index in [4.69, 9.17) is 0 Å². The minimum Gasteiger partial charge on any atom is -0.242 e. The summed E-state index contributed by atoms with van der Waals surface area (Å²) in [6, 6.07) is 6.41. The van der Waals surface area contributed by atoms with Gasteiger partial charge in [-0.25, -0.2) is 4.39 Å². The van der Waals surface area contributed by atoms with E-state index in [2.05, 4.69) is 106 Å². The second-order valence-corrected chi connectivity index (χ2v) is 11.2. The van der Waals surface area contributed by atoms with E-state index in [-0.39, 0.29) is 5.41 Å². The van der Waals surface area contributed by atoms with Crippen LogP contribution in [0.4, 0.5) is 4.39 Å². The number of hydrogen-bond acceptors (Lipinski definition) is 0. The Balaban J connectivity index is -0.000000554. The third kappa shape index (κ3) is 14.9. The monoisotopic (exact) mass is 536 g/mol. The van der Waals surface area contributed by atoms with Crippen LogP contribution in [0.1, 0.15) is 112 Å². The third-order valence-corrected chi connectivity index (χ3v) is 6.64. The summed E-state index contributed by atoms with van der Waals surface area (Å²) in [5.41, 5.74) is 11.3. The van der Waals surface area contributed by atoms with E-state index >= 15 is 0 Å². The van der Waals surface area contributed by atoms with Gasteiger partial charge in [0, 0.05) is 5.41 Å². The van der Waals surface area contributed by atoms with Crippen molar-refractivity contribution in [3.05, 3.63) is 114 Å². The molecule has 0 aliphatic rings. The van der Waals surface area contributed by atoms with Gasteiger partial charge < -0.3 is 0 Å². The molecule has 1 aromatic rings. The van der Waals surface area contributed by atoms with Gasteiger partial charge in [-0.15, -0.1) is 19.7 Å². The number of aryl methyl sites for hydroxylation is 1. The van der Waals surface area contributed by atoms with Gasteiger partial charge in [-0.2, -0.15) is 0 Å². The Hall–Kier alpha value is -2.67. The molecule has 1 atom stereocenters. The van der Waals surface area contributed by atoms with E-state index in [1.54, 1.807) is 6.08 Å². The molecular weight excluding hydrogens is 475 g/mol. The molecule has 0 bridgehead atoms. The molecule has 0 nitrogen and oxygen atoms in total. The molecular formula is C38H61F. The molecule has 1 heteroatoms. The Kier molecular flexibility index (Phi) is 22.2. The second-order valence-electron chi connectivity index (χ2n) is 11.2. The van der Waals surface area contributed by atoms with Gasteiger partial charge in [0.15, 0.2) is 0 Å². The molecule has 0 heterocycles. The van der Waals surface area contributed by atoms with E-state index in [0.717, 1.165) is 48.0 Å². The molecule has 0 amide bonds. The quantitative estimate of drug-likeness (QED) is 0.206. The van der Waals surface area contributed by atoms with Gasteiger partial charge in [0.1, 0.15) is 6.17 Å². The molecule has 0 saturated heterocycles. The fourth-order valence-corrected chi connectivity index (χ4v) is 4.44. The van der Waals surface area contributed by atoms with Crippen LogP contribution in [0.15, 0.2) is 97.2 Å². The van der Waals surface area contributed by atoms with Crippen LogP contribution in [0.5, 0.6) is 0 Å². The van der Waals surface area contributed by atoms with Gasteiger partial charge in [-0.1, -0.05) is 99.9 Å². The van der Waals surface area contributed by atoms with Gasteiger partial charge in [0.2, 0.25) is 0 Å². The summed E-state index contributed by atoms with van der Waals surface area (Å²) in [6.45, 7) is 46.1. The van der Waals surface area contributed by atoms with Crippen molar-refractivity contribution in [3.63, 3.8) is 0 Å². The highest BCUT2D eigenvalue weighted by atomic mass is 19.1. The Bertz CT molecular complexity index is 982. The second kappa shape index (κ2) is 21.2. The molecule has 220 valence electrons. The van der Waals surface area contributed by atoms with Crippen molar-refractivity contribution in [2.24, 2.45) is 5.41 Å². The van der Waals surface area contributed by atoms with E-state index in [1.807, 2.05) is 34.6 Å². The topological polar surface area (TPSA) is 0 Å². The summed E-state index contributed by atoms with van der Waals surface area (Å²) in [6.07, 6.45) is 4.74. The molecule has 0 aliphatic heterocycles. The SMILES string of the molecule is C=C.C=C(C)/C(C)=C(/C(=C)C)c1cccc(C)c1C.C=C(C)C.C=CC(=C(C)C)C(F)C(C)(CCC)CCC. The Labute approximate surface area is 243 Å². The van der Waals surface area contributed by atoms with Crippen LogP contribution in [0, 0.1) is 19.3 Å². The van der Waals surface area contributed by atoms with Crippen LogP contribution in [-0.2, 0) is 0 Å². The van der Waals surface area contributed by atoms with Crippen LogP contribution >= 0.6 is 0 Å². The maximum absolute atomic E-state index is 14.6. The van der Waals surface area contributed by atoms with Crippen LogP contribution < -0.4 is 0 Å².